The van der Waals surface area contributed by atoms with Gasteiger partial charge in [0.05, 0.1) is 29.2 Å². The SMILES string of the molecule is Cc1ccc(C2NNCC2c2nc3ccncc3[nH]2)cc1C. The fraction of sp³-hybridized carbons (Fsp3) is 0.294. The fourth-order valence-corrected chi connectivity index (χ4v) is 3.08. The van der Waals surface area contributed by atoms with Crippen LogP contribution < -0.4 is 10.9 Å². The van der Waals surface area contributed by atoms with E-state index in [1.54, 1.807) is 6.20 Å². The molecule has 4 rings (SSSR count). The maximum Gasteiger partial charge on any atom is 0.113 e. The van der Waals surface area contributed by atoms with Crippen molar-refractivity contribution in [3.05, 3.63) is 59.2 Å². The zero-order chi connectivity index (χ0) is 15.1. The lowest BCUT2D eigenvalue weighted by Gasteiger charge is -2.18. The van der Waals surface area contributed by atoms with Crippen LogP contribution >= 0.6 is 0 Å². The summed E-state index contributed by atoms with van der Waals surface area (Å²) in [6.45, 7) is 5.15. The van der Waals surface area contributed by atoms with E-state index in [1.807, 2.05) is 12.3 Å². The minimum Gasteiger partial charge on any atom is -0.340 e. The van der Waals surface area contributed by atoms with Gasteiger partial charge in [0.2, 0.25) is 0 Å². The number of nitrogens with one attached hydrogen (secondary N) is 3. The monoisotopic (exact) mass is 293 g/mol. The summed E-state index contributed by atoms with van der Waals surface area (Å²) in [6, 6.07) is 8.80. The van der Waals surface area contributed by atoms with Gasteiger partial charge in [-0.15, -0.1) is 0 Å². The molecule has 0 radical (unpaired) electrons. The molecule has 0 spiro atoms. The van der Waals surface area contributed by atoms with Crippen molar-refractivity contribution < 1.29 is 0 Å². The van der Waals surface area contributed by atoms with Gasteiger partial charge in [-0.2, -0.15) is 0 Å². The summed E-state index contributed by atoms with van der Waals surface area (Å²) in [6.07, 6.45) is 3.60. The van der Waals surface area contributed by atoms with E-state index in [-0.39, 0.29) is 12.0 Å². The number of pyridine rings is 1. The molecule has 112 valence electrons. The number of benzene rings is 1. The molecule has 3 heterocycles. The molecule has 22 heavy (non-hydrogen) atoms. The molecular formula is C17H19N5. The molecule has 0 amide bonds. The van der Waals surface area contributed by atoms with Crippen molar-refractivity contribution in [2.75, 3.05) is 6.54 Å². The first kappa shape index (κ1) is 13.4. The maximum absolute atomic E-state index is 4.73. The summed E-state index contributed by atoms with van der Waals surface area (Å²) >= 11 is 0. The Labute approximate surface area is 129 Å². The van der Waals surface area contributed by atoms with Gasteiger partial charge in [0.15, 0.2) is 0 Å². The number of aryl methyl sites for hydroxylation is 2. The van der Waals surface area contributed by atoms with Gasteiger partial charge in [0.25, 0.3) is 0 Å². The Morgan fingerprint density at radius 1 is 1.14 bits per heavy atom. The molecular weight excluding hydrogens is 274 g/mol. The fourth-order valence-electron chi connectivity index (χ4n) is 3.08. The second-order valence-electron chi connectivity index (χ2n) is 5.97. The number of aromatic nitrogens is 3. The number of aromatic amines is 1. The number of rotatable bonds is 2. The second-order valence-corrected chi connectivity index (χ2v) is 5.97. The van der Waals surface area contributed by atoms with E-state index >= 15 is 0 Å². The van der Waals surface area contributed by atoms with E-state index in [9.17, 15) is 0 Å². The second kappa shape index (κ2) is 5.19. The number of hydrogen-bond acceptors (Lipinski definition) is 4. The third-order valence-electron chi connectivity index (χ3n) is 4.52. The van der Waals surface area contributed by atoms with Crippen molar-refractivity contribution in [1.82, 2.24) is 25.8 Å². The zero-order valence-electron chi connectivity index (χ0n) is 12.7. The van der Waals surface area contributed by atoms with Crippen LogP contribution in [0.5, 0.6) is 0 Å². The van der Waals surface area contributed by atoms with Crippen LogP contribution in [0.1, 0.15) is 34.5 Å². The number of hydrazine groups is 1. The third-order valence-corrected chi connectivity index (χ3v) is 4.52. The number of fused-ring (bicyclic) bond motifs is 1. The summed E-state index contributed by atoms with van der Waals surface area (Å²) in [5, 5.41) is 0. The molecule has 0 aliphatic carbocycles. The molecule has 5 heteroatoms. The highest BCUT2D eigenvalue weighted by atomic mass is 15.4. The molecule has 2 unspecified atom stereocenters. The first-order valence-corrected chi connectivity index (χ1v) is 7.57. The van der Waals surface area contributed by atoms with E-state index in [0.717, 1.165) is 23.4 Å². The summed E-state index contributed by atoms with van der Waals surface area (Å²) in [5.41, 5.74) is 12.5. The number of nitrogens with zero attached hydrogens (tertiary/aromatic N) is 2. The Bertz CT molecular complexity index is 790. The predicted molar refractivity (Wildman–Crippen MR) is 86.4 cm³/mol. The molecule has 3 N–H and O–H groups in total. The van der Waals surface area contributed by atoms with Crippen LogP contribution in [-0.2, 0) is 0 Å². The predicted octanol–water partition coefficient (Wildman–Crippen LogP) is 2.51. The van der Waals surface area contributed by atoms with E-state index in [2.05, 4.69) is 52.9 Å². The lowest BCUT2D eigenvalue weighted by atomic mass is 9.92. The zero-order valence-corrected chi connectivity index (χ0v) is 12.7. The topological polar surface area (TPSA) is 65.6 Å². The van der Waals surface area contributed by atoms with Crippen LogP contribution in [0.2, 0.25) is 0 Å². The molecule has 0 bridgehead atoms. The Morgan fingerprint density at radius 3 is 2.86 bits per heavy atom. The van der Waals surface area contributed by atoms with Gasteiger partial charge in [-0.1, -0.05) is 18.2 Å². The molecule has 1 saturated heterocycles. The highest BCUT2D eigenvalue weighted by molar-refractivity contribution is 5.73. The van der Waals surface area contributed by atoms with Crippen LogP contribution in [0.3, 0.4) is 0 Å². The molecule has 1 fully saturated rings. The van der Waals surface area contributed by atoms with Gasteiger partial charge < -0.3 is 4.98 Å². The largest absolute Gasteiger partial charge is 0.340 e. The smallest absolute Gasteiger partial charge is 0.113 e. The molecule has 0 saturated carbocycles. The lowest BCUT2D eigenvalue weighted by Crippen LogP contribution is -2.25. The first-order chi connectivity index (χ1) is 10.7. The van der Waals surface area contributed by atoms with Crippen LogP contribution in [-0.4, -0.2) is 21.5 Å². The summed E-state index contributed by atoms with van der Waals surface area (Å²) in [4.78, 5) is 12.3. The van der Waals surface area contributed by atoms with Crippen LogP contribution in [0.25, 0.3) is 11.0 Å². The van der Waals surface area contributed by atoms with Crippen LogP contribution in [0.4, 0.5) is 0 Å². The van der Waals surface area contributed by atoms with Gasteiger partial charge in [0, 0.05) is 12.7 Å². The van der Waals surface area contributed by atoms with E-state index in [0.29, 0.717) is 0 Å². The van der Waals surface area contributed by atoms with E-state index in [4.69, 9.17) is 4.98 Å². The normalized spacial score (nSPS) is 21.5. The Kier molecular flexibility index (Phi) is 3.17. The van der Waals surface area contributed by atoms with Crippen molar-refractivity contribution in [1.29, 1.82) is 0 Å². The van der Waals surface area contributed by atoms with Crippen molar-refractivity contribution in [2.24, 2.45) is 0 Å². The van der Waals surface area contributed by atoms with Crippen molar-refractivity contribution >= 4 is 11.0 Å². The van der Waals surface area contributed by atoms with Crippen molar-refractivity contribution in [2.45, 2.75) is 25.8 Å². The molecule has 1 aliphatic heterocycles. The summed E-state index contributed by atoms with van der Waals surface area (Å²) in [5.74, 6) is 1.28. The summed E-state index contributed by atoms with van der Waals surface area (Å²) in [7, 11) is 0. The van der Waals surface area contributed by atoms with Gasteiger partial charge in [-0.3, -0.25) is 10.4 Å². The first-order valence-electron chi connectivity index (χ1n) is 7.57. The molecule has 3 aromatic rings. The van der Waals surface area contributed by atoms with Crippen molar-refractivity contribution in [3.8, 4) is 0 Å². The lowest BCUT2D eigenvalue weighted by molar-refractivity contribution is 0.544. The molecule has 5 nitrogen and oxygen atoms in total. The van der Waals surface area contributed by atoms with E-state index in [1.165, 1.54) is 16.7 Å². The van der Waals surface area contributed by atoms with Crippen LogP contribution in [0, 0.1) is 13.8 Å². The highest BCUT2D eigenvalue weighted by Crippen LogP contribution is 2.33. The third kappa shape index (κ3) is 2.19. The molecule has 2 aromatic heterocycles. The average molecular weight is 293 g/mol. The molecule has 1 aromatic carbocycles. The Balaban J connectivity index is 1.72. The summed E-state index contributed by atoms with van der Waals surface area (Å²) < 4.78 is 0. The Morgan fingerprint density at radius 2 is 2.05 bits per heavy atom. The molecule has 2 atom stereocenters. The minimum atomic E-state index is 0.216. The number of imidazole rings is 1. The van der Waals surface area contributed by atoms with Gasteiger partial charge in [0.1, 0.15) is 5.82 Å². The standard InChI is InChI=1S/C17H19N5/c1-10-3-4-12(7-11(10)2)16-13(8-19-22-16)17-20-14-5-6-18-9-15(14)21-17/h3-7,9,13,16,19,22H,8H2,1-2H3,(H,20,21). The quantitative estimate of drug-likeness (QED) is 0.679. The van der Waals surface area contributed by atoms with E-state index < -0.39 is 0 Å². The van der Waals surface area contributed by atoms with Gasteiger partial charge in [-0.25, -0.2) is 10.4 Å². The highest BCUT2D eigenvalue weighted by Gasteiger charge is 2.32. The number of H-pyrrole nitrogens is 1. The van der Waals surface area contributed by atoms with Gasteiger partial charge >= 0.3 is 0 Å². The number of hydrogen-bond donors (Lipinski definition) is 3. The minimum absolute atomic E-state index is 0.216. The average Bonchev–Trinajstić information content (AvgIpc) is 3.15. The van der Waals surface area contributed by atoms with Crippen LogP contribution in [0.15, 0.2) is 36.7 Å². The van der Waals surface area contributed by atoms with Crippen molar-refractivity contribution in [3.63, 3.8) is 0 Å². The molecule has 1 aliphatic rings. The Hall–Kier alpha value is -2.24. The maximum atomic E-state index is 4.73. The van der Waals surface area contributed by atoms with Gasteiger partial charge in [-0.05, 0) is 36.6 Å².